The smallest absolute Gasteiger partial charge is 0.243 e. The molecule has 88 valence electrons. The van der Waals surface area contributed by atoms with Gasteiger partial charge < -0.3 is 10.2 Å². The van der Waals surface area contributed by atoms with Crippen LogP contribution < -0.4 is 10.2 Å². The van der Waals surface area contributed by atoms with E-state index in [0.29, 0.717) is 18.1 Å². The third-order valence-corrected chi connectivity index (χ3v) is 3.10. The predicted octanol–water partition coefficient (Wildman–Crippen LogP) is 1.56. The largest absolute Gasteiger partial charge is 0.356 e. The van der Waals surface area contributed by atoms with Crippen molar-refractivity contribution < 1.29 is 4.79 Å². The molecule has 1 aliphatic heterocycles. The summed E-state index contributed by atoms with van der Waals surface area (Å²) in [5.41, 5.74) is 0.810. The molecule has 2 rings (SSSR count). The van der Waals surface area contributed by atoms with Gasteiger partial charge in [-0.2, -0.15) is 5.26 Å². The molecule has 5 heteroatoms. The number of hydrogen-bond acceptors (Lipinski definition) is 3. The van der Waals surface area contributed by atoms with Gasteiger partial charge in [-0.05, 0) is 12.1 Å². The van der Waals surface area contributed by atoms with Gasteiger partial charge in [0.25, 0.3) is 0 Å². The van der Waals surface area contributed by atoms with E-state index in [1.54, 1.807) is 6.07 Å². The van der Waals surface area contributed by atoms with E-state index < -0.39 is 6.04 Å². The van der Waals surface area contributed by atoms with Crippen molar-refractivity contribution in [1.29, 1.82) is 5.26 Å². The normalized spacial score (nSPS) is 19.6. The number of hydrogen-bond donors (Lipinski definition) is 1. The number of nitrogens with one attached hydrogen (secondary N) is 1. The second-order valence-electron chi connectivity index (χ2n) is 3.81. The minimum Gasteiger partial charge on any atom is -0.356 e. The van der Waals surface area contributed by atoms with Crippen molar-refractivity contribution in [2.45, 2.75) is 12.5 Å². The van der Waals surface area contributed by atoms with E-state index in [1.807, 2.05) is 29.2 Å². The number of halogens is 1. The van der Waals surface area contributed by atoms with Crippen molar-refractivity contribution >= 4 is 23.2 Å². The molecule has 1 amide bonds. The zero-order chi connectivity index (χ0) is 12.3. The second-order valence-corrected chi connectivity index (χ2v) is 4.22. The predicted molar refractivity (Wildman–Crippen MR) is 65.8 cm³/mol. The molecule has 0 aliphatic carbocycles. The Morgan fingerprint density at radius 3 is 3.00 bits per heavy atom. The molecule has 0 saturated carbocycles. The van der Waals surface area contributed by atoms with Crippen LogP contribution >= 0.6 is 11.6 Å². The van der Waals surface area contributed by atoms with Gasteiger partial charge in [-0.1, -0.05) is 23.7 Å². The van der Waals surface area contributed by atoms with E-state index in [1.165, 1.54) is 0 Å². The quantitative estimate of drug-likeness (QED) is 0.865. The van der Waals surface area contributed by atoms with Crippen molar-refractivity contribution in [1.82, 2.24) is 5.32 Å². The first kappa shape index (κ1) is 11.7. The lowest BCUT2D eigenvalue weighted by Crippen LogP contribution is -2.55. The summed E-state index contributed by atoms with van der Waals surface area (Å²) in [5, 5.41) is 12.1. The lowest BCUT2D eigenvalue weighted by atomic mass is 10.1. The van der Waals surface area contributed by atoms with Crippen molar-refractivity contribution in [3.8, 4) is 6.07 Å². The van der Waals surface area contributed by atoms with Gasteiger partial charge in [-0.3, -0.25) is 4.79 Å². The van der Waals surface area contributed by atoms with Crippen LogP contribution in [0.15, 0.2) is 24.3 Å². The van der Waals surface area contributed by atoms with Crippen LogP contribution in [0.2, 0.25) is 5.02 Å². The van der Waals surface area contributed by atoms with Gasteiger partial charge in [0, 0.05) is 13.1 Å². The highest BCUT2D eigenvalue weighted by Gasteiger charge is 2.30. The molecule has 1 heterocycles. The monoisotopic (exact) mass is 249 g/mol. The molecule has 0 bridgehead atoms. The van der Waals surface area contributed by atoms with Crippen molar-refractivity contribution in [2.75, 3.05) is 18.0 Å². The maximum absolute atomic E-state index is 11.7. The molecule has 1 unspecified atom stereocenters. The van der Waals surface area contributed by atoms with Crippen LogP contribution in [-0.4, -0.2) is 25.0 Å². The van der Waals surface area contributed by atoms with E-state index in [-0.39, 0.29) is 12.3 Å². The average molecular weight is 250 g/mol. The third kappa shape index (κ3) is 2.34. The molecule has 1 aromatic rings. The minimum absolute atomic E-state index is 0.113. The first-order chi connectivity index (χ1) is 8.24. The summed E-state index contributed by atoms with van der Waals surface area (Å²) in [4.78, 5) is 13.6. The highest BCUT2D eigenvalue weighted by atomic mass is 35.5. The van der Waals surface area contributed by atoms with Crippen LogP contribution in [0, 0.1) is 11.3 Å². The molecule has 1 aliphatic rings. The molecular weight excluding hydrogens is 238 g/mol. The number of carbonyl (C=O) groups excluding carboxylic acids is 1. The summed E-state index contributed by atoms with van der Waals surface area (Å²) >= 11 is 6.11. The minimum atomic E-state index is -0.450. The maximum atomic E-state index is 11.7. The standard InChI is InChI=1S/C12H12ClN3O/c13-9-3-1-2-4-10(9)16-8-7-15-12(17)11(16)5-6-14/h1-4,11H,5,7-8H2,(H,15,17). The topological polar surface area (TPSA) is 56.1 Å². The van der Waals surface area contributed by atoms with Crippen molar-refractivity contribution in [2.24, 2.45) is 0 Å². The Hall–Kier alpha value is -1.73. The van der Waals surface area contributed by atoms with E-state index in [2.05, 4.69) is 5.32 Å². The summed E-state index contributed by atoms with van der Waals surface area (Å²) in [6.07, 6.45) is 0.164. The summed E-state index contributed by atoms with van der Waals surface area (Å²) in [5.74, 6) is -0.113. The van der Waals surface area contributed by atoms with Crippen LogP contribution in [0.3, 0.4) is 0 Å². The highest BCUT2D eigenvalue weighted by molar-refractivity contribution is 6.33. The van der Waals surface area contributed by atoms with Crippen LogP contribution in [0.1, 0.15) is 6.42 Å². The van der Waals surface area contributed by atoms with Crippen molar-refractivity contribution in [3.63, 3.8) is 0 Å². The van der Waals surface area contributed by atoms with E-state index in [0.717, 1.165) is 5.69 Å². The molecule has 1 aromatic carbocycles. The van der Waals surface area contributed by atoms with Crippen LogP contribution in [0.25, 0.3) is 0 Å². The molecule has 0 radical (unpaired) electrons. The molecule has 4 nitrogen and oxygen atoms in total. The number of piperazine rings is 1. The summed E-state index contributed by atoms with van der Waals surface area (Å²) in [6, 6.07) is 8.96. The first-order valence-electron chi connectivity index (χ1n) is 5.40. The maximum Gasteiger partial charge on any atom is 0.243 e. The van der Waals surface area contributed by atoms with Gasteiger partial charge in [0.05, 0.1) is 23.2 Å². The second kappa shape index (κ2) is 5.07. The SMILES string of the molecule is N#CCC1C(=O)NCCN1c1ccccc1Cl. The zero-order valence-electron chi connectivity index (χ0n) is 9.19. The van der Waals surface area contributed by atoms with Gasteiger partial charge in [0.2, 0.25) is 5.91 Å². The molecule has 1 saturated heterocycles. The summed E-state index contributed by atoms with van der Waals surface area (Å²) in [7, 11) is 0. The fraction of sp³-hybridized carbons (Fsp3) is 0.333. The summed E-state index contributed by atoms with van der Waals surface area (Å²) in [6.45, 7) is 1.24. The number of nitriles is 1. The van der Waals surface area contributed by atoms with Gasteiger partial charge >= 0.3 is 0 Å². The Bertz CT molecular complexity index is 469. The highest BCUT2D eigenvalue weighted by Crippen LogP contribution is 2.28. The number of benzene rings is 1. The number of amides is 1. The van der Waals surface area contributed by atoms with Crippen LogP contribution in [0.5, 0.6) is 0 Å². The molecule has 17 heavy (non-hydrogen) atoms. The molecule has 1 atom stereocenters. The van der Waals surface area contributed by atoms with Gasteiger partial charge in [0.15, 0.2) is 0 Å². The molecule has 0 spiro atoms. The number of para-hydroxylation sites is 1. The molecule has 1 fully saturated rings. The molecule has 0 aromatic heterocycles. The van der Waals surface area contributed by atoms with E-state index in [4.69, 9.17) is 16.9 Å². The average Bonchev–Trinajstić information content (AvgIpc) is 2.33. The zero-order valence-corrected chi connectivity index (χ0v) is 9.94. The van der Waals surface area contributed by atoms with E-state index in [9.17, 15) is 4.79 Å². The first-order valence-corrected chi connectivity index (χ1v) is 5.77. The van der Waals surface area contributed by atoms with Crippen LogP contribution in [0.4, 0.5) is 5.69 Å². The lowest BCUT2D eigenvalue weighted by molar-refractivity contribution is -0.123. The fourth-order valence-electron chi connectivity index (χ4n) is 1.98. The Morgan fingerprint density at radius 1 is 1.53 bits per heavy atom. The Kier molecular flexibility index (Phi) is 3.50. The Morgan fingerprint density at radius 2 is 2.29 bits per heavy atom. The number of rotatable bonds is 2. The molecular formula is C12H12ClN3O. The fourth-order valence-corrected chi connectivity index (χ4v) is 2.22. The Labute approximate surface area is 105 Å². The van der Waals surface area contributed by atoms with Gasteiger partial charge in [-0.25, -0.2) is 0 Å². The van der Waals surface area contributed by atoms with Crippen LogP contribution in [-0.2, 0) is 4.79 Å². The van der Waals surface area contributed by atoms with Gasteiger partial charge in [-0.15, -0.1) is 0 Å². The number of anilines is 1. The van der Waals surface area contributed by atoms with Crippen molar-refractivity contribution in [3.05, 3.63) is 29.3 Å². The summed E-state index contributed by atoms with van der Waals surface area (Å²) < 4.78 is 0. The Balaban J connectivity index is 2.32. The van der Waals surface area contributed by atoms with E-state index >= 15 is 0 Å². The molecule has 1 N–H and O–H groups in total. The number of nitrogens with zero attached hydrogens (tertiary/aromatic N) is 2. The third-order valence-electron chi connectivity index (χ3n) is 2.78. The lowest BCUT2D eigenvalue weighted by Gasteiger charge is -2.36. The van der Waals surface area contributed by atoms with Gasteiger partial charge in [0.1, 0.15) is 6.04 Å². The number of carbonyl (C=O) groups is 1.